The van der Waals surface area contributed by atoms with Crippen LogP contribution in [0.5, 0.6) is 0 Å². The highest BCUT2D eigenvalue weighted by Crippen LogP contribution is 2.62. The number of rotatable bonds is 13. The predicted molar refractivity (Wildman–Crippen MR) is 227 cm³/mol. The fraction of sp³-hybridized carbons (Fsp3) is 0.766. The molecule has 5 rings (SSSR count). The van der Waals surface area contributed by atoms with E-state index in [0.717, 1.165) is 57.1 Å². The minimum atomic E-state index is -0.462. The second-order valence-electron chi connectivity index (χ2n) is 19.3. The van der Waals surface area contributed by atoms with Crippen molar-refractivity contribution in [3.63, 3.8) is 0 Å². The number of carbonyl (C=O) groups excluding carboxylic acids is 2. The average Bonchev–Trinajstić information content (AvgIpc) is 3.72. The molecule has 300 valence electrons. The number of nitrogens with zero attached hydrogens (tertiary/aromatic N) is 4. The Labute approximate surface area is 329 Å². The monoisotopic (exact) mass is 742 g/mol. The van der Waals surface area contributed by atoms with Gasteiger partial charge in [-0.3, -0.25) is 19.8 Å². The molecule has 7 nitrogen and oxygen atoms in total. The van der Waals surface area contributed by atoms with Crippen LogP contribution in [-0.2, 0) is 9.59 Å². The summed E-state index contributed by atoms with van der Waals surface area (Å²) in [6.45, 7) is 32.5. The number of carbonyl (C=O) groups is 2. The number of hydrogen-bond acceptors (Lipinski definition) is 6. The minimum Gasteiger partial charge on any atom is -0.370 e. The van der Waals surface area contributed by atoms with Gasteiger partial charge in [0.15, 0.2) is 0 Å². The lowest BCUT2D eigenvalue weighted by Crippen LogP contribution is -2.54. The Balaban J connectivity index is 1.98. The van der Waals surface area contributed by atoms with Crippen molar-refractivity contribution in [2.75, 3.05) is 7.05 Å². The molecule has 0 aromatic heterocycles. The van der Waals surface area contributed by atoms with E-state index in [2.05, 4.69) is 108 Å². The fourth-order valence-corrected chi connectivity index (χ4v) is 12.5. The Morgan fingerprint density at radius 1 is 0.833 bits per heavy atom. The van der Waals surface area contributed by atoms with E-state index >= 15 is 0 Å². The molecule has 2 N–H and O–H groups in total. The van der Waals surface area contributed by atoms with Crippen molar-refractivity contribution in [2.24, 2.45) is 66.0 Å². The van der Waals surface area contributed by atoms with E-state index in [1.165, 1.54) is 39.7 Å². The Morgan fingerprint density at radius 3 is 2.00 bits per heavy atom. The maximum Gasteiger partial charge on any atom is 0.217 e. The Morgan fingerprint density at radius 2 is 1.46 bits per heavy atom. The average molecular weight is 742 g/mol. The van der Waals surface area contributed by atoms with Gasteiger partial charge in [0, 0.05) is 87.8 Å². The first-order chi connectivity index (χ1) is 25.2. The molecule has 8 bridgehead atoms. The van der Waals surface area contributed by atoms with Crippen LogP contribution in [0.3, 0.4) is 0 Å². The molecular weight excluding hydrogens is 667 g/mol. The molecular formula is C47H75N5O2. The van der Waals surface area contributed by atoms with Crippen LogP contribution >= 0.6 is 0 Å². The highest BCUT2D eigenvalue weighted by Gasteiger charge is 2.64. The van der Waals surface area contributed by atoms with E-state index in [1.54, 1.807) is 6.92 Å². The molecule has 9 atom stereocenters. The standard InChI is InChI=1S/C47H75N5O2/c1-16-21-32-35-27-36-43(9,10)34(23-24-37(48)54)39(52(36)15)30(8)41-45(12,26-25-28(6)53)31(18-3)42(50-41)47(14)46(13,20-5)33(22-17-2)38(51-47)29(7)40(49-35)44(32,11)19-4/h27,31-34,42H,16-26H2,1-15H3,(H2,48,54)/b36-27-,39-30-,40-29-/t31-,32+,33+,34+,42+,44-,45+,46-,47-/m0/s1. The van der Waals surface area contributed by atoms with Crippen molar-refractivity contribution in [1.82, 2.24) is 4.90 Å². The van der Waals surface area contributed by atoms with Gasteiger partial charge in [0.25, 0.3) is 0 Å². The smallest absolute Gasteiger partial charge is 0.217 e. The third-order valence-corrected chi connectivity index (χ3v) is 16.2. The summed E-state index contributed by atoms with van der Waals surface area (Å²) in [5.41, 5.74) is 14.2. The third kappa shape index (κ3) is 6.15. The van der Waals surface area contributed by atoms with Gasteiger partial charge in [0.1, 0.15) is 5.78 Å². The lowest BCUT2D eigenvalue weighted by Gasteiger charge is -2.48. The summed E-state index contributed by atoms with van der Waals surface area (Å²) in [4.78, 5) is 45.4. The summed E-state index contributed by atoms with van der Waals surface area (Å²) in [5, 5.41) is 0. The quantitative estimate of drug-likeness (QED) is 0.203. The fourth-order valence-electron chi connectivity index (χ4n) is 12.5. The van der Waals surface area contributed by atoms with Crippen LogP contribution in [0.15, 0.2) is 49.3 Å². The number of nitrogens with two attached hydrogens (primary N) is 1. The largest absolute Gasteiger partial charge is 0.370 e. The highest BCUT2D eigenvalue weighted by molar-refractivity contribution is 6.09. The van der Waals surface area contributed by atoms with Gasteiger partial charge in [0.2, 0.25) is 5.91 Å². The van der Waals surface area contributed by atoms with Crippen LogP contribution in [-0.4, -0.2) is 52.4 Å². The second kappa shape index (κ2) is 14.9. The molecule has 1 saturated heterocycles. The van der Waals surface area contributed by atoms with Crippen LogP contribution in [0.1, 0.15) is 168 Å². The molecule has 54 heavy (non-hydrogen) atoms. The van der Waals surface area contributed by atoms with Gasteiger partial charge in [-0.25, -0.2) is 0 Å². The molecule has 0 unspecified atom stereocenters. The van der Waals surface area contributed by atoms with Crippen molar-refractivity contribution in [3.05, 3.63) is 34.3 Å². The predicted octanol–water partition coefficient (Wildman–Crippen LogP) is 10.8. The van der Waals surface area contributed by atoms with E-state index in [0.29, 0.717) is 25.2 Å². The van der Waals surface area contributed by atoms with Gasteiger partial charge in [0.05, 0.1) is 17.3 Å². The number of aliphatic imine (C=N–C) groups is 3. The summed E-state index contributed by atoms with van der Waals surface area (Å²) in [6.07, 6.45) is 12.0. The van der Waals surface area contributed by atoms with Crippen LogP contribution in [0.25, 0.3) is 0 Å². The van der Waals surface area contributed by atoms with Crippen molar-refractivity contribution in [2.45, 2.75) is 179 Å². The van der Waals surface area contributed by atoms with Crippen LogP contribution in [0, 0.1) is 45.3 Å². The molecule has 1 fully saturated rings. The van der Waals surface area contributed by atoms with E-state index in [-0.39, 0.29) is 57.1 Å². The number of allylic oxidation sites excluding steroid dienone is 6. The molecule has 0 aliphatic carbocycles. The minimum absolute atomic E-state index is 0.0514. The van der Waals surface area contributed by atoms with Crippen molar-refractivity contribution < 1.29 is 9.59 Å². The van der Waals surface area contributed by atoms with Gasteiger partial charge < -0.3 is 15.4 Å². The van der Waals surface area contributed by atoms with Gasteiger partial charge in [-0.15, -0.1) is 0 Å². The molecule has 0 radical (unpaired) electrons. The Bertz CT molecular complexity index is 1730. The normalized spacial score (nSPS) is 40.9. The topological polar surface area (TPSA) is 100 Å². The summed E-state index contributed by atoms with van der Waals surface area (Å²) < 4.78 is 0. The van der Waals surface area contributed by atoms with Gasteiger partial charge in [-0.1, -0.05) is 88.5 Å². The highest BCUT2D eigenvalue weighted by atomic mass is 16.1. The molecule has 5 aliphatic heterocycles. The van der Waals surface area contributed by atoms with Crippen molar-refractivity contribution in [1.29, 1.82) is 0 Å². The van der Waals surface area contributed by atoms with Gasteiger partial charge >= 0.3 is 0 Å². The zero-order valence-corrected chi connectivity index (χ0v) is 36.9. The first kappa shape index (κ1) is 42.3. The lowest BCUT2D eigenvalue weighted by atomic mass is 9.56. The summed E-state index contributed by atoms with van der Waals surface area (Å²) in [7, 11) is 2.22. The van der Waals surface area contributed by atoms with Crippen molar-refractivity contribution >= 4 is 28.8 Å². The van der Waals surface area contributed by atoms with E-state index in [9.17, 15) is 9.59 Å². The SMILES string of the molecule is CCC[C@@H]1C2=N[C@@](C)([C@@H]3N=C(/C(C)=C4/[C@@H](CCC(N)=O)C(C)(C)/C(=C/C5=NC(=C\2C)/[C@@](C)(CC)[C@@H]5CCC)N4C)[C@](C)(CCC(C)=O)[C@H]3CC)[C@@]1(C)CC. The molecule has 0 aromatic carbocycles. The Hall–Kier alpha value is -2.83. The van der Waals surface area contributed by atoms with Gasteiger partial charge in [-0.05, 0) is 89.4 Å². The van der Waals surface area contributed by atoms with Crippen LogP contribution in [0.4, 0.5) is 0 Å². The summed E-state index contributed by atoms with van der Waals surface area (Å²) in [5.74, 6) is 0.787. The number of primary amides is 1. The lowest BCUT2D eigenvalue weighted by molar-refractivity contribution is -0.118. The number of hydrogen-bond donors (Lipinski definition) is 1. The molecule has 0 aromatic rings. The summed E-state index contributed by atoms with van der Waals surface area (Å²) >= 11 is 0. The zero-order valence-electron chi connectivity index (χ0n) is 36.9. The third-order valence-electron chi connectivity index (χ3n) is 16.2. The number of Topliss-reactive ketones (excluding diaryl/α,β-unsaturated/α-hetero) is 1. The van der Waals surface area contributed by atoms with Crippen LogP contribution < -0.4 is 5.73 Å². The first-order valence-corrected chi connectivity index (χ1v) is 21.6. The number of fused-ring (bicyclic) bond motifs is 6. The molecule has 0 saturated carbocycles. The molecule has 0 spiro atoms. The van der Waals surface area contributed by atoms with Crippen molar-refractivity contribution in [3.8, 4) is 0 Å². The van der Waals surface area contributed by atoms with Crippen LogP contribution in [0.2, 0.25) is 0 Å². The molecule has 7 heteroatoms. The maximum absolute atomic E-state index is 12.8. The second-order valence-corrected chi connectivity index (χ2v) is 19.3. The van der Waals surface area contributed by atoms with E-state index in [4.69, 9.17) is 20.7 Å². The number of ketones is 1. The number of amides is 1. The first-order valence-electron chi connectivity index (χ1n) is 21.6. The molecule has 5 heterocycles. The molecule has 1 amide bonds. The maximum atomic E-state index is 12.8. The Kier molecular flexibility index (Phi) is 11.7. The molecule has 5 aliphatic rings. The van der Waals surface area contributed by atoms with Gasteiger partial charge in [-0.2, -0.15) is 0 Å². The van der Waals surface area contributed by atoms with E-state index in [1.807, 2.05) is 0 Å². The zero-order chi connectivity index (χ0) is 40.3. The van der Waals surface area contributed by atoms with E-state index < -0.39 is 5.54 Å². The summed E-state index contributed by atoms with van der Waals surface area (Å²) in [6, 6.07) is -0.0541.